The molecule has 8 nitrogen and oxygen atoms in total. The highest BCUT2D eigenvalue weighted by Crippen LogP contribution is 2.44. The van der Waals surface area contributed by atoms with Crippen molar-refractivity contribution >= 4 is 18.0 Å². The van der Waals surface area contributed by atoms with Gasteiger partial charge in [-0.2, -0.15) is 0 Å². The predicted molar refractivity (Wildman–Crippen MR) is 129 cm³/mol. The fourth-order valence-corrected chi connectivity index (χ4v) is 4.30. The van der Waals surface area contributed by atoms with Gasteiger partial charge in [-0.25, -0.2) is 9.59 Å². The van der Waals surface area contributed by atoms with Crippen LogP contribution >= 0.6 is 0 Å². The van der Waals surface area contributed by atoms with Crippen LogP contribution in [0, 0.1) is 0 Å². The molecule has 8 heteroatoms. The van der Waals surface area contributed by atoms with Gasteiger partial charge in [0.05, 0.1) is 6.61 Å². The van der Waals surface area contributed by atoms with Crippen molar-refractivity contribution in [2.24, 2.45) is 0 Å². The first-order valence-electron chi connectivity index (χ1n) is 11.3. The molecular weight excluding hydrogens is 448 g/mol. The van der Waals surface area contributed by atoms with Gasteiger partial charge in [-0.15, -0.1) is 0 Å². The number of benzene rings is 3. The Balaban J connectivity index is 1.46. The first kappa shape index (κ1) is 24.0. The molecule has 180 valence electrons. The molecule has 0 fully saturated rings. The summed E-state index contributed by atoms with van der Waals surface area (Å²) in [6.45, 7) is -0.696. The molecule has 0 spiro atoms. The molecule has 2 atom stereocenters. The third kappa shape index (κ3) is 5.50. The van der Waals surface area contributed by atoms with E-state index in [9.17, 15) is 19.5 Å². The number of amides is 2. The molecule has 0 saturated heterocycles. The van der Waals surface area contributed by atoms with E-state index in [2.05, 4.69) is 10.6 Å². The summed E-state index contributed by atoms with van der Waals surface area (Å²) in [7, 11) is 0. The van der Waals surface area contributed by atoms with Crippen LogP contribution in [0.25, 0.3) is 11.1 Å². The van der Waals surface area contributed by atoms with Crippen LogP contribution in [0.1, 0.15) is 22.6 Å². The molecule has 0 aromatic heterocycles. The topological polar surface area (TPSA) is 125 Å². The Morgan fingerprint density at radius 3 is 1.94 bits per heavy atom. The lowest BCUT2D eigenvalue weighted by atomic mass is 9.98. The quantitative estimate of drug-likeness (QED) is 0.378. The Labute approximate surface area is 202 Å². The second kappa shape index (κ2) is 10.8. The summed E-state index contributed by atoms with van der Waals surface area (Å²) >= 11 is 0. The van der Waals surface area contributed by atoms with E-state index in [1.807, 2.05) is 54.6 Å². The lowest BCUT2D eigenvalue weighted by molar-refractivity contribution is -0.143. The van der Waals surface area contributed by atoms with Gasteiger partial charge in [0.15, 0.2) is 0 Å². The average Bonchev–Trinajstić information content (AvgIpc) is 3.19. The van der Waals surface area contributed by atoms with Crippen LogP contribution in [0.3, 0.4) is 0 Å². The van der Waals surface area contributed by atoms with E-state index < -0.39 is 36.7 Å². The Morgan fingerprint density at radius 1 is 0.800 bits per heavy atom. The number of carboxylic acid groups (broad SMARTS) is 1. The van der Waals surface area contributed by atoms with Crippen LogP contribution < -0.4 is 10.6 Å². The Hall–Kier alpha value is -4.17. The zero-order valence-electron chi connectivity index (χ0n) is 18.9. The molecule has 0 heterocycles. The molecule has 4 N–H and O–H groups in total. The fraction of sp³-hybridized carbons (Fsp3) is 0.222. The molecule has 2 amide bonds. The van der Waals surface area contributed by atoms with Gasteiger partial charge in [0.2, 0.25) is 5.91 Å². The van der Waals surface area contributed by atoms with Gasteiger partial charge < -0.3 is 25.6 Å². The van der Waals surface area contributed by atoms with Crippen molar-refractivity contribution in [2.75, 3.05) is 13.2 Å². The predicted octanol–water partition coefficient (Wildman–Crippen LogP) is 2.70. The molecule has 3 aromatic carbocycles. The molecule has 0 saturated carbocycles. The monoisotopic (exact) mass is 474 g/mol. The van der Waals surface area contributed by atoms with Gasteiger partial charge in [-0.1, -0.05) is 78.9 Å². The number of rotatable bonds is 9. The summed E-state index contributed by atoms with van der Waals surface area (Å²) < 4.78 is 5.54. The zero-order valence-corrected chi connectivity index (χ0v) is 18.9. The Morgan fingerprint density at radius 2 is 1.37 bits per heavy atom. The largest absolute Gasteiger partial charge is 0.480 e. The minimum absolute atomic E-state index is 0.0773. The lowest BCUT2D eigenvalue weighted by Crippen LogP contribution is -2.53. The minimum atomic E-state index is -1.48. The molecule has 0 radical (unpaired) electrons. The molecule has 4 rings (SSSR count). The van der Waals surface area contributed by atoms with Crippen LogP contribution in [0.4, 0.5) is 4.79 Å². The highest BCUT2D eigenvalue weighted by atomic mass is 16.5. The van der Waals surface area contributed by atoms with E-state index in [1.165, 1.54) is 0 Å². The van der Waals surface area contributed by atoms with Crippen LogP contribution in [0.15, 0.2) is 78.9 Å². The molecule has 1 aliphatic rings. The summed E-state index contributed by atoms with van der Waals surface area (Å²) in [6.07, 6.45) is -0.673. The van der Waals surface area contributed by atoms with Crippen molar-refractivity contribution in [2.45, 2.75) is 24.4 Å². The van der Waals surface area contributed by atoms with Crippen molar-refractivity contribution < 1.29 is 29.3 Å². The van der Waals surface area contributed by atoms with Gasteiger partial charge in [-0.05, 0) is 27.8 Å². The van der Waals surface area contributed by atoms with Crippen LogP contribution in [-0.4, -0.2) is 53.5 Å². The summed E-state index contributed by atoms with van der Waals surface area (Å²) in [5.74, 6) is -2.25. The zero-order chi connectivity index (χ0) is 24.8. The van der Waals surface area contributed by atoms with Gasteiger partial charge in [0, 0.05) is 12.3 Å². The highest BCUT2D eigenvalue weighted by molar-refractivity contribution is 5.89. The number of aliphatic hydroxyl groups excluding tert-OH is 1. The summed E-state index contributed by atoms with van der Waals surface area (Å²) in [6, 6.07) is 22.3. The van der Waals surface area contributed by atoms with Crippen molar-refractivity contribution in [1.82, 2.24) is 10.6 Å². The molecule has 0 aliphatic heterocycles. The normalized spacial score (nSPS) is 13.7. The number of aliphatic hydroxyl groups is 1. The van der Waals surface area contributed by atoms with Gasteiger partial charge in [0.25, 0.3) is 0 Å². The molecule has 3 aromatic rings. The van der Waals surface area contributed by atoms with Gasteiger partial charge >= 0.3 is 12.1 Å². The number of hydrogen-bond donors (Lipinski definition) is 4. The number of alkyl carbamates (subject to hydrolysis) is 1. The summed E-state index contributed by atoms with van der Waals surface area (Å²) in [5, 5.41) is 23.2. The molecule has 35 heavy (non-hydrogen) atoms. The number of carboxylic acids is 1. The number of nitrogens with one attached hydrogen (secondary N) is 2. The van der Waals surface area contributed by atoms with Crippen molar-refractivity contribution in [1.29, 1.82) is 0 Å². The van der Waals surface area contributed by atoms with E-state index in [0.29, 0.717) is 0 Å². The molecule has 0 bridgehead atoms. The smallest absolute Gasteiger partial charge is 0.407 e. The number of carbonyl (C=O) groups excluding carboxylic acids is 2. The fourth-order valence-electron chi connectivity index (χ4n) is 4.30. The minimum Gasteiger partial charge on any atom is -0.480 e. The summed E-state index contributed by atoms with van der Waals surface area (Å²) in [5.41, 5.74) is 5.09. The number of ether oxygens (including phenoxy) is 1. The van der Waals surface area contributed by atoms with Crippen LogP contribution in [-0.2, 0) is 20.7 Å². The second-order valence-electron chi connectivity index (χ2n) is 8.29. The number of carbonyl (C=O) groups is 3. The Kier molecular flexibility index (Phi) is 7.42. The van der Waals surface area contributed by atoms with E-state index in [4.69, 9.17) is 9.84 Å². The van der Waals surface area contributed by atoms with Crippen LogP contribution in [0.2, 0.25) is 0 Å². The first-order valence-corrected chi connectivity index (χ1v) is 11.3. The third-order valence-electron chi connectivity index (χ3n) is 6.03. The van der Waals surface area contributed by atoms with Crippen molar-refractivity contribution in [3.8, 4) is 11.1 Å². The standard InChI is InChI=1S/C27H26N2O6/c30-15-24(26(32)33)28-25(31)23(14-17-8-2-1-3-9-17)29-27(34)35-16-22-20-12-6-4-10-18(20)19-11-5-7-13-21(19)22/h1-13,22-24,30H,14-16H2,(H,28,31)(H,29,34)(H,32,33)/t23-,24?/m0/s1. The number of aliphatic carboxylic acids is 1. The van der Waals surface area contributed by atoms with E-state index >= 15 is 0 Å². The Bertz CT molecular complexity index is 1170. The molecular formula is C27H26N2O6. The maximum Gasteiger partial charge on any atom is 0.407 e. The van der Waals surface area contributed by atoms with E-state index in [0.717, 1.165) is 27.8 Å². The van der Waals surface area contributed by atoms with Gasteiger partial charge in [-0.3, -0.25) is 4.79 Å². The average molecular weight is 475 g/mol. The van der Waals surface area contributed by atoms with E-state index in [1.54, 1.807) is 24.3 Å². The molecule has 1 aliphatic carbocycles. The summed E-state index contributed by atoms with van der Waals surface area (Å²) in [4.78, 5) is 36.8. The maximum atomic E-state index is 12.8. The third-order valence-corrected chi connectivity index (χ3v) is 6.03. The van der Waals surface area contributed by atoms with Gasteiger partial charge in [0.1, 0.15) is 18.7 Å². The number of hydrogen-bond acceptors (Lipinski definition) is 5. The second-order valence-corrected chi connectivity index (χ2v) is 8.29. The molecule has 1 unspecified atom stereocenters. The highest BCUT2D eigenvalue weighted by Gasteiger charge is 2.30. The van der Waals surface area contributed by atoms with Crippen molar-refractivity contribution in [3.05, 3.63) is 95.6 Å². The lowest BCUT2D eigenvalue weighted by Gasteiger charge is -2.21. The maximum absolute atomic E-state index is 12.8. The van der Waals surface area contributed by atoms with E-state index in [-0.39, 0.29) is 18.9 Å². The van der Waals surface area contributed by atoms with Crippen LogP contribution in [0.5, 0.6) is 0 Å². The first-order chi connectivity index (χ1) is 17.0. The SMILES string of the molecule is O=C(N[C@@H](Cc1ccccc1)C(=O)NC(CO)C(=O)O)OCC1c2ccccc2-c2ccccc21. The van der Waals surface area contributed by atoms with Crippen molar-refractivity contribution in [3.63, 3.8) is 0 Å². The number of fused-ring (bicyclic) bond motifs is 3.